The summed E-state index contributed by atoms with van der Waals surface area (Å²) in [5, 5.41) is 9.02. The molecule has 35 heavy (non-hydrogen) atoms. The number of hydrogen-bond acceptors (Lipinski definition) is 4. The second-order valence-electron chi connectivity index (χ2n) is 9.26. The van der Waals surface area contributed by atoms with Crippen LogP contribution in [0.25, 0.3) is 11.1 Å². The molecule has 0 radical (unpaired) electrons. The van der Waals surface area contributed by atoms with Gasteiger partial charge in [0.25, 0.3) is 0 Å². The maximum atomic E-state index is 14.8. The number of ether oxygens (including phenoxy) is 1. The largest absolute Gasteiger partial charge is 0.465 e. The molecule has 4 rings (SSSR count). The highest BCUT2D eigenvalue weighted by Gasteiger charge is 2.29. The molecule has 2 atom stereocenters. The monoisotopic (exact) mass is 487 g/mol. The molecule has 188 valence electrons. The zero-order chi connectivity index (χ0) is 24.9. The normalized spacial score (nSPS) is 19.7. The van der Waals surface area contributed by atoms with Crippen molar-refractivity contribution in [1.29, 1.82) is 0 Å². The molecular formula is C26H31F2N3O4. The van der Waals surface area contributed by atoms with E-state index < -0.39 is 24.1 Å². The molecule has 0 bridgehead atoms. The molecule has 2 saturated heterocycles. The molecule has 9 heteroatoms. The van der Waals surface area contributed by atoms with Crippen LogP contribution in [-0.4, -0.2) is 71.4 Å². The van der Waals surface area contributed by atoms with Gasteiger partial charge in [-0.2, -0.15) is 0 Å². The van der Waals surface area contributed by atoms with Crippen molar-refractivity contribution in [1.82, 2.24) is 9.80 Å². The van der Waals surface area contributed by atoms with Crippen LogP contribution < -0.4 is 5.73 Å². The van der Waals surface area contributed by atoms with Crippen LogP contribution >= 0.6 is 0 Å². The molecule has 0 unspecified atom stereocenters. The predicted molar refractivity (Wildman–Crippen MR) is 127 cm³/mol. The van der Waals surface area contributed by atoms with Crippen molar-refractivity contribution in [3.63, 3.8) is 0 Å². The number of nitrogens with zero attached hydrogens (tertiary/aromatic N) is 2. The van der Waals surface area contributed by atoms with Gasteiger partial charge in [-0.25, -0.2) is 13.6 Å². The Kier molecular flexibility index (Phi) is 7.97. The first kappa shape index (κ1) is 25.1. The summed E-state index contributed by atoms with van der Waals surface area (Å²) in [6, 6.07) is 11.6. The van der Waals surface area contributed by atoms with E-state index in [9.17, 15) is 18.4 Å². The Balaban J connectivity index is 1.30. The number of nitrogens with two attached hydrogens (primary N) is 1. The molecule has 0 saturated carbocycles. The minimum Gasteiger partial charge on any atom is -0.465 e. The summed E-state index contributed by atoms with van der Waals surface area (Å²) in [7, 11) is 0. The second-order valence-corrected chi connectivity index (χ2v) is 9.26. The summed E-state index contributed by atoms with van der Waals surface area (Å²) >= 11 is 0. The molecule has 2 aromatic rings. The smallest absolute Gasteiger partial charge is 0.407 e. The minimum absolute atomic E-state index is 0.0361. The first-order valence-corrected chi connectivity index (χ1v) is 12.0. The molecule has 2 fully saturated rings. The van der Waals surface area contributed by atoms with Crippen LogP contribution in [0, 0.1) is 5.82 Å². The lowest BCUT2D eigenvalue weighted by Gasteiger charge is -2.29. The van der Waals surface area contributed by atoms with E-state index in [0.29, 0.717) is 56.6 Å². The van der Waals surface area contributed by atoms with E-state index in [1.54, 1.807) is 12.1 Å². The summed E-state index contributed by atoms with van der Waals surface area (Å²) in [4.78, 5) is 26.2. The Morgan fingerprint density at radius 1 is 1.03 bits per heavy atom. The summed E-state index contributed by atoms with van der Waals surface area (Å²) in [5.74, 6) is -0.783. The topological polar surface area (TPSA) is 96.1 Å². The third-order valence-corrected chi connectivity index (χ3v) is 6.74. The summed E-state index contributed by atoms with van der Waals surface area (Å²) in [5.41, 5.74) is 8.88. The molecular weight excluding hydrogens is 456 g/mol. The van der Waals surface area contributed by atoms with Gasteiger partial charge in [0.1, 0.15) is 12.0 Å². The van der Waals surface area contributed by atoms with Crippen molar-refractivity contribution in [3.8, 4) is 11.1 Å². The molecule has 2 amide bonds. The highest BCUT2D eigenvalue weighted by molar-refractivity contribution is 5.82. The zero-order valence-electron chi connectivity index (χ0n) is 19.5. The number of carbonyl (C=O) groups is 2. The maximum Gasteiger partial charge on any atom is 0.407 e. The van der Waals surface area contributed by atoms with Gasteiger partial charge in [-0.15, -0.1) is 0 Å². The lowest BCUT2D eigenvalue weighted by Crippen LogP contribution is -2.44. The Bertz CT molecular complexity index is 1040. The number of hydrogen-bond donors (Lipinski definition) is 2. The lowest BCUT2D eigenvalue weighted by atomic mass is 9.99. The van der Waals surface area contributed by atoms with E-state index >= 15 is 0 Å². The Labute approximate surface area is 203 Å². The van der Waals surface area contributed by atoms with Gasteiger partial charge in [0.15, 0.2) is 0 Å². The van der Waals surface area contributed by atoms with Crippen LogP contribution in [0.3, 0.4) is 0 Å². The molecule has 3 N–H and O–H groups in total. The number of benzene rings is 2. The summed E-state index contributed by atoms with van der Waals surface area (Å²) < 4.78 is 34.1. The number of carbonyl (C=O) groups excluding carboxylic acids is 1. The van der Waals surface area contributed by atoms with Crippen molar-refractivity contribution in [3.05, 3.63) is 59.4 Å². The van der Waals surface area contributed by atoms with Gasteiger partial charge in [-0.3, -0.25) is 4.79 Å². The number of carboxylic acid groups (broad SMARTS) is 1. The molecule has 2 aliphatic rings. The Morgan fingerprint density at radius 2 is 1.69 bits per heavy atom. The summed E-state index contributed by atoms with van der Waals surface area (Å²) in [6.45, 7) is 1.79. The number of alkyl halides is 1. The number of amides is 2. The van der Waals surface area contributed by atoms with Gasteiger partial charge < -0.3 is 25.4 Å². The van der Waals surface area contributed by atoms with Crippen molar-refractivity contribution in [2.24, 2.45) is 5.73 Å². The Hall–Kier alpha value is -3.04. The van der Waals surface area contributed by atoms with E-state index in [2.05, 4.69) is 0 Å². The third-order valence-electron chi connectivity index (χ3n) is 6.74. The van der Waals surface area contributed by atoms with Crippen molar-refractivity contribution < 1.29 is 28.2 Å². The van der Waals surface area contributed by atoms with Crippen LogP contribution in [0.15, 0.2) is 42.5 Å². The fourth-order valence-electron chi connectivity index (χ4n) is 4.59. The van der Waals surface area contributed by atoms with E-state index in [1.807, 2.05) is 24.3 Å². The van der Waals surface area contributed by atoms with Gasteiger partial charge in [-0.05, 0) is 54.0 Å². The molecule has 0 spiro atoms. The van der Waals surface area contributed by atoms with E-state index in [-0.39, 0.29) is 25.0 Å². The van der Waals surface area contributed by atoms with Crippen molar-refractivity contribution >= 4 is 12.0 Å². The molecule has 7 nitrogen and oxygen atoms in total. The first-order valence-electron chi connectivity index (χ1n) is 12.0. The fourth-order valence-corrected chi connectivity index (χ4v) is 4.59. The van der Waals surface area contributed by atoms with E-state index in [1.165, 1.54) is 15.9 Å². The van der Waals surface area contributed by atoms with Gasteiger partial charge in [0.2, 0.25) is 5.91 Å². The number of halogens is 2. The van der Waals surface area contributed by atoms with E-state index in [4.69, 9.17) is 15.6 Å². The average molecular weight is 488 g/mol. The van der Waals surface area contributed by atoms with Crippen LogP contribution in [-0.2, 0) is 22.6 Å². The highest BCUT2D eigenvalue weighted by Crippen LogP contribution is 2.24. The quantitative estimate of drug-likeness (QED) is 0.622. The molecule has 2 aromatic carbocycles. The van der Waals surface area contributed by atoms with Gasteiger partial charge in [-0.1, -0.05) is 36.4 Å². The van der Waals surface area contributed by atoms with Gasteiger partial charge >= 0.3 is 6.09 Å². The third kappa shape index (κ3) is 6.35. The second kappa shape index (κ2) is 11.1. The fraction of sp³-hybridized carbons (Fsp3) is 0.462. The predicted octanol–water partition coefficient (Wildman–Crippen LogP) is 3.59. The van der Waals surface area contributed by atoms with Crippen LogP contribution in [0.1, 0.15) is 30.4 Å². The zero-order valence-corrected chi connectivity index (χ0v) is 19.5. The average Bonchev–Trinajstić information content (AvgIpc) is 3.30. The molecule has 2 aliphatic heterocycles. The van der Waals surface area contributed by atoms with Crippen LogP contribution in [0.4, 0.5) is 13.6 Å². The highest BCUT2D eigenvalue weighted by atomic mass is 19.1. The standard InChI is InChI=1S/C26H31F2N3O4/c27-21-7-10-31(15-21)25(32)24(29)14-20-6-5-19(13-23(20)28)18-3-1-17(2-4-18)16-35-22-8-11-30(12-9-22)26(33)34/h1-6,13,21-22,24H,7-12,14-16,29H2,(H,33,34)/t21-,24-/m0/s1. The van der Waals surface area contributed by atoms with E-state index in [0.717, 1.165) is 11.1 Å². The van der Waals surface area contributed by atoms with Crippen molar-refractivity contribution in [2.75, 3.05) is 26.2 Å². The number of rotatable bonds is 7. The Morgan fingerprint density at radius 3 is 2.29 bits per heavy atom. The number of piperidine rings is 1. The minimum atomic E-state index is -1.02. The van der Waals surface area contributed by atoms with Crippen LogP contribution in [0.2, 0.25) is 0 Å². The van der Waals surface area contributed by atoms with Crippen LogP contribution in [0.5, 0.6) is 0 Å². The molecule has 0 aliphatic carbocycles. The van der Waals surface area contributed by atoms with Crippen molar-refractivity contribution in [2.45, 2.75) is 50.6 Å². The number of likely N-dealkylation sites (tertiary alicyclic amines) is 2. The maximum absolute atomic E-state index is 14.8. The van der Waals surface area contributed by atoms with Gasteiger partial charge in [0, 0.05) is 19.6 Å². The first-order chi connectivity index (χ1) is 16.8. The summed E-state index contributed by atoms with van der Waals surface area (Å²) in [6.07, 6.45) is -0.137. The molecule has 0 aromatic heterocycles. The molecule has 2 heterocycles. The van der Waals surface area contributed by atoms with Gasteiger partial charge in [0.05, 0.1) is 25.3 Å². The SMILES string of the molecule is N[C@@H](Cc1ccc(-c2ccc(COC3CCN(C(=O)O)CC3)cc2)cc1F)C(=O)N1CC[C@H](F)C1. The lowest BCUT2D eigenvalue weighted by molar-refractivity contribution is -0.131.